The molecule has 0 spiro atoms. The van der Waals surface area contributed by atoms with Crippen LogP contribution in [0.4, 0.5) is 17.6 Å². The average molecular weight is 553 g/mol. The third-order valence-electron chi connectivity index (χ3n) is 7.44. The molecule has 1 saturated heterocycles. The minimum Gasteiger partial charge on any atom is -0.387 e. The van der Waals surface area contributed by atoms with Crippen LogP contribution in [0.3, 0.4) is 0 Å². The fourth-order valence-corrected chi connectivity index (χ4v) is 6.53. The second kappa shape index (κ2) is 9.93. The molecule has 2 aromatic carbocycles. The van der Waals surface area contributed by atoms with Crippen LogP contribution in [0.25, 0.3) is 11.8 Å². The number of aromatic nitrogens is 3. The van der Waals surface area contributed by atoms with Gasteiger partial charge in [0.2, 0.25) is 0 Å². The molecule has 10 heteroatoms. The Labute approximate surface area is 226 Å². The first-order valence-electron chi connectivity index (χ1n) is 12.4. The van der Waals surface area contributed by atoms with Crippen LogP contribution in [-0.2, 0) is 12.6 Å². The van der Waals surface area contributed by atoms with Gasteiger partial charge in [-0.05, 0) is 96.6 Å². The smallest absolute Gasteiger partial charge is 0.387 e. The molecule has 200 valence electrons. The van der Waals surface area contributed by atoms with Gasteiger partial charge < -0.3 is 5.11 Å². The molecular weight excluding hydrogens is 528 g/mol. The molecule has 3 heterocycles. The van der Waals surface area contributed by atoms with Gasteiger partial charge in [-0.25, -0.2) is 13.4 Å². The number of rotatable bonds is 5. The van der Waals surface area contributed by atoms with E-state index in [2.05, 4.69) is 20.5 Å². The molecule has 0 saturated carbocycles. The molecule has 1 aliphatic carbocycles. The molecule has 0 bridgehead atoms. The monoisotopic (exact) mass is 552 g/mol. The van der Waals surface area contributed by atoms with Gasteiger partial charge in [0.25, 0.3) is 0 Å². The summed E-state index contributed by atoms with van der Waals surface area (Å²) in [5.41, 5.74) is 2.98. The van der Waals surface area contributed by atoms with Crippen LogP contribution >= 0.6 is 11.9 Å². The number of fused-ring (bicyclic) bond motifs is 2. The number of hydrogen-bond acceptors (Lipinski definition) is 5. The molecule has 39 heavy (non-hydrogen) atoms. The summed E-state index contributed by atoms with van der Waals surface area (Å²) in [6, 6.07) is 14.9. The fourth-order valence-electron chi connectivity index (χ4n) is 5.50. The Morgan fingerprint density at radius 2 is 1.77 bits per heavy atom. The molecule has 2 atom stereocenters. The predicted octanol–water partition coefficient (Wildman–Crippen LogP) is 6.50. The van der Waals surface area contributed by atoms with Crippen LogP contribution in [0.2, 0.25) is 0 Å². The minimum atomic E-state index is -4.38. The van der Waals surface area contributed by atoms with Crippen molar-refractivity contribution in [3.63, 3.8) is 0 Å². The lowest BCUT2D eigenvalue weighted by Crippen LogP contribution is -2.48. The van der Waals surface area contributed by atoms with Gasteiger partial charge in [0.15, 0.2) is 0 Å². The minimum absolute atomic E-state index is 0.324. The van der Waals surface area contributed by atoms with Gasteiger partial charge >= 0.3 is 6.18 Å². The van der Waals surface area contributed by atoms with Crippen molar-refractivity contribution >= 4 is 18.0 Å². The van der Waals surface area contributed by atoms with Gasteiger partial charge in [-0.1, -0.05) is 11.6 Å². The van der Waals surface area contributed by atoms with Crippen LogP contribution in [0.15, 0.2) is 89.7 Å². The topological polar surface area (TPSA) is 54.2 Å². The Kier molecular flexibility index (Phi) is 6.57. The van der Waals surface area contributed by atoms with E-state index < -0.39 is 23.3 Å². The van der Waals surface area contributed by atoms with Crippen molar-refractivity contribution in [2.75, 3.05) is 13.1 Å². The van der Waals surface area contributed by atoms with E-state index in [4.69, 9.17) is 0 Å². The molecule has 2 aromatic heterocycles. The molecule has 1 aliphatic heterocycles. The fraction of sp³-hybridized carbons (Fsp3) is 0.241. The third kappa shape index (κ3) is 4.88. The maximum absolute atomic E-state index is 13.5. The predicted molar refractivity (Wildman–Crippen MR) is 140 cm³/mol. The normalized spacial score (nSPS) is 20.2. The van der Waals surface area contributed by atoms with E-state index in [-0.39, 0.29) is 5.82 Å². The second-order valence-electron chi connectivity index (χ2n) is 9.86. The highest BCUT2D eigenvalue weighted by Gasteiger charge is 2.48. The Bertz CT molecular complexity index is 1500. The Hall–Kier alpha value is -3.47. The number of halogens is 4. The number of hydrogen-bond donors (Lipinski definition) is 1. The maximum atomic E-state index is 13.5. The number of aliphatic hydroxyl groups excluding tert-OH is 1. The zero-order valence-corrected chi connectivity index (χ0v) is 21.5. The highest BCUT2D eigenvalue weighted by atomic mass is 32.2. The summed E-state index contributed by atoms with van der Waals surface area (Å²) in [7, 11) is 0. The van der Waals surface area contributed by atoms with Crippen LogP contribution in [0.5, 0.6) is 0 Å². The van der Waals surface area contributed by atoms with E-state index in [1.807, 2.05) is 6.07 Å². The summed E-state index contributed by atoms with van der Waals surface area (Å²) in [5.74, 6) is -0.324. The van der Waals surface area contributed by atoms with Gasteiger partial charge in [0.1, 0.15) is 5.82 Å². The number of nitrogens with zero attached hydrogens (tertiary/aromatic N) is 4. The quantitative estimate of drug-likeness (QED) is 0.226. The first-order valence-corrected chi connectivity index (χ1v) is 13.2. The standard InChI is InChI=1S/C29H24F4N4OS/c30-23-5-7-24(8-6-23)37-26-14-22-11-13-36(39-25-9-3-21(4-10-25)29(31,32)33)18-28(22,15-20(26)17-35-37)27(38)19-2-1-12-34-16-19/h1-10,12,14,16-17,27,38H,11,13,15,18H2. The Morgan fingerprint density at radius 1 is 1.00 bits per heavy atom. The van der Waals surface area contributed by atoms with Crippen molar-refractivity contribution in [3.8, 4) is 5.69 Å². The summed E-state index contributed by atoms with van der Waals surface area (Å²) in [4.78, 5) is 4.90. The van der Waals surface area contributed by atoms with E-state index in [1.165, 1.54) is 36.2 Å². The Morgan fingerprint density at radius 3 is 2.46 bits per heavy atom. The summed E-state index contributed by atoms with van der Waals surface area (Å²) in [6.07, 6.45) is 3.09. The zero-order chi connectivity index (χ0) is 27.2. The summed E-state index contributed by atoms with van der Waals surface area (Å²) >= 11 is 1.39. The molecule has 2 aliphatic rings. The van der Waals surface area contributed by atoms with Crippen molar-refractivity contribution < 1.29 is 22.7 Å². The van der Waals surface area contributed by atoms with Gasteiger partial charge in [0.05, 0.1) is 29.2 Å². The van der Waals surface area contributed by atoms with Gasteiger partial charge in [-0.3, -0.25) is 4.98 Å². The number of alkyl halides is 3. The van der Waals surface area contributed by atoms with Crippen molar-refractivity contribution in [3.05, 3.63) is 113 Å². The average Bonchev–Trinajstić information content (AvgIpc) is 3.34. The van der Waals surface area contributed by atoms with E-state index in [0.29, 0.717) is 36.4 Å². The lowest BCUT2D eigenvalue weighted by Gasteiger charge is -2.48. The Balaban J connectivity index is 1.34. The van der Waals surface area contributed by atoms with Crippen LogP contribution in [-0.4, -0.2) is 37.3 Å². The first kappa shape index (κ1) is 25.8. The molecule has 4 aromatic rings. The zero-order valence-electron chi connectivity index (χ0n) is 20.6. The van der Waals surface area contributed by atoms with Gasteiger partial charge in [-0.2, -0.15) is 18.3 Å². The van der Waals surface area contributed by atoms with Gasteiger partial charge in [-0.15, -0.1) is 0 Å². The summed E-state index contributed by atoms with van der Waals surface area (Å²) in [5, 5.41) is 16.4. The third-order valence-corrected chi connectivity index (χ3v) is 8.50. The van der Waals surface area contributed by atoms with E-state index in [1.54, 1.807) is 41.5 Å². The van der Waals surface area contributed by atoms with Crippen LogP contribution < -0.4 is 0 Å². The second-order valence-corrected chi connectivity index (χ2v) is 11.0. The summed E-state index contributed by atoms with van der Waals surface area (Å²) in [6.45, 7) is 1.13. The van der Waals surface area contributed by atoms with Gasteiger partial charge in [0, 0.05) is 35.8 Å². The number of pyridine rings is 1. The number of piperidine rings is 1. The number of benzene rings is 2. The SMILES string of the molecule is OC(c1cccnc1)C12Cc3cnn(-c4ccc(F)cc4)c3C=C1CCN(Sc1ccc(C(F)(F)F)cc1)C2. The highest BCUT2D eigenvalue weighted by molar-refractivity contribution is 7.97. The van der Waals surface area contributed by atoms with Crippen molar-refractivity contribution in [1.82, 2.24) is 19.1 Å². The molecular formula is C29H24F4N4OS. The highest BCUT2D eigenvalue weighted by Crippen LogP contribution is 2.52. The van der Waals surface area contributed by atoms with E-state index in [9.17, 15) is 22.7 Å². The lowest BCUT2D eigenvalue weighted by molar-refractivity contribution is -0.137. The van der Waals surface area contributed by atoms with Crippen molar-refractivity contribution in [1.29, 1.82) is 0 Å². The molecule has 6 rings (SSSR count). The summed E-state index contributed by atoms with van der Waals surface area (Å²) < 4.78 is 56.5. The van der Waals surface area contributed by atoms with Crippen LogP contribution in [0.1, 0.15) is 34.9 Å². The van der Waals surface area contributed by atoms with E-state index in [0.717, 1.165) is 34.7 Å². The molecule has 5 nitrogen and oxygen atoms in total. The van der Waals surface area contributed by atoms with Crippen LogP contribution in [0, 0.1) is 11.2 Å². The van der Waals surface area contributed by atoms with E-state index >= 15 is 0 Å². The molecule has 1 N–H and O–H groups in total. The lowest BCUT2D eigenvalue weighted by atomic mass is 9.64. The largest absolute Gasteiger partial charge is 0.416 e. The van der Waals surface area contributed by atoms with Crippen molar-refractivity contribution in [2.24, 2.45) is 5.41 Å². The molecule has 0 radical (unpaired) electrons. The first-order chi connectivity index (χ1) is 18.7. The molecule has 1 fully saturated rings. The molecule has 0 amide bonds. The van der Waals surface area contributed by atoms with Crippen molar-refractivity contribution in [2.45, 2.75) is 30.0 Å². The number of aliphatic hydroxyl groups is 1. The maximum Gasteiger partial charge on any atom is 0.416 e. The molecule has 2 unspecified atom stereocenters.